The fourth-order valence-electron chi connectivity index (χ4n) is 7.71. The van der Waals surface area contributed by atoms with Crippen LogP contribution in [0.1, 0.15) is 51.6 Å². The van der Waals surface area contributed by atoms with Crippen LogP contribution in [-0.2, 0) is 0 Å². The zero-order valence-corrected chi connectivity index (χ0v) is 32.1. The molecule has 4 nitrogen and oxygen atoms in total. The van der Waals surface area contributed by atoms with Crippen LogP contribution in [0, 0.1) is 0 Å². The van der Waals surface area contributed by atoms with Gasteiger partial charge in [0.05, 0.1) is 17.8 Å². The second-order valence-corrected chi connectivity index (χ2v) is 16.2. The highest BCUT2D eigenvalue weighted by atomic mass is 32.2. The van der Waals surface area contributed by atoms with Gasteiger partial charge < -0.3 is 10.6 Å². The van der Waals surface area contributed by atoms with E-state index in [1.54, 1.807) is 0 Å². The Morgan fingerprint density at radius 3 is 1.80 bits per heavy atom. The third-order valence-electron chi connectivity index (χ3n) is 10.5. The van der Waals surface area contributed by atoms with Gasteiger partial charge >= 0.3 is 0 Å². The molecule has 3 N–H and O–H groups in total. The molecular weight excluding hydrogens is 721 g/mol. The third-order valence-corrected chi connectivity index (χ3v) is 13.1. The quantitative estimate of drug-likeness (QED) is 0.151. The van der Waals surface area contributed by atoms with E-state index in [2.05, 4.69) is 204 Å². The van der Waals surface area contributed by atoms with Gasteiger partial charge in [0.15, 0.2) is 0 Å². The molecule has 0 spiro atoms. The highest BCUT2D eigenvalue weighted by Gasteiger charge is 2.29. The number of benzene rings is 7. The van der Waals surface area contributed by atoms with Crippen molar-refractivity contribution in [3.63, 3.8) is 0 Å². The molecular formula is C50H38N4S2. The van der Waals surface area contributed by atoms with Crippen LogP contribution < -0.4 is 16.0 Å². The van der Waals surface area contributed by atoms with Crippen LogP contribution in [0.25, 0.3) is 22.5 Å². The van der Waals surface area contributed by atoms with Gasteiger partial charge in [-0.05, 0) is 69.8 Å². The maximum atomic E-state index is 5.32. The first-order valence-corrected chi connectivity index (χ1v) is 20.6. The normalized spacial score (nSPS) is 18.6. The lowest BCUT2D eigenvalue weighted by Gasteiger charge is -2.34. The Bertz CT molecular complexity index is 2620. The molecule has 0 saturated heterocycles. The average Bonchev–Trinajstić information content (AvgIpc) is 3.29. The summed E-state index contributed by atoms with van der Waals surface area (Å²) in [6, 6.07) is 64.7. The molecule has 10 rings (SSSR count). The monoisotopic (exact) mass is 758 g/mol. The maximum absolute atomic E-state index is 5.32. The molecule has 6 heteroatoms. The van der Waals surface area contributed by atoms with Crippen molar-refractivity contribution >= 4 is 40.8 Å². The number of amidine groups is 1. The number of hydrogen-bond donors (Lipinski definition) is 3. The highest BCUT2D eigenvalue weighted by molar-refractivity contribution is 8.05. The van der Waals surface area contributed by atoms with Crippen LogP contribution in [0.4, 0.5) is 0 Å². The summed E-state index contributed by atoms with van der Waals surface area (Å²) in [7, 11) is 0. The van der Waals surface area contributed by atoms with Gasteiger partial charge in [0.2, 0.25) is 0 Å². The molecule has 7 aromatic carbocycles. The summed E-state index contributed by atoms with van der Waals surface area (Å²) >= 11 is 3.73. The van der Waals surface area contributed by atoms with Gasteiger partial charge in [0.25, 0.3) is 0 Å². The van der Waals surface area contributed by atoms with Crippen molar-refractivity contribution in [3.05, 3.63) is 228 Å². The molecule has 0 aromatic heterocycles. The first kappa shape index (κ1) is 34.4. The van der Waals surface area contributed by atoms with Gasteiger partial charge in [-0.3, -0.25) is 5.32 Å². The van der Waals surface area contributed by atoms with E-state index in [1.807, 2.05) is 29.6 Å². The van der Waals surface area contributed by atoms with Gasteiger partial charge in [-0.1, -0.05) is 181 Å². The standard InChI is InChI=1S/C50H38N4S2/c1-5-16-33(17-6-1)41-31-43(53-49(51-41)35-20-9-3-10-21-35)37-28-29-38(39-24-15-27-47-48(39)56-46-26-14-13-25-45(46)55-47)40(30-37)44-32-42(34-18-7-2-8-19-34)52-50(54-44)36-22-11-4-12-23-36/h1-32,41,44,50,52,54H,(H,51,53). The smallest absolute Gasteiger partial charge is 0.134 e. The first-order chi connectivity index (χ1) is 27.7. The summed E-state index contributed by atoms with van der Waals surface area (Å²) in [5, 5.41) is 11.6. The second kappa shape index (κ2) is 15.2. The topological polar surface area (TPSA) is 48.5 Å². The van der Waals surface area contributed by atoms with Crippen LogP contribution in [0.15, 0.2) is 219 Å². The number of nitrogens with zero attached hydrogens (tertiary/aromatic N) is 1. The summed E-state index contributed by atoms with van der Waals surface area (Å²) in [6.07, 6.45) is 4.51. The van der Waals surface area contributed by atoms with Crippen LogP contribution >= 0.6 is 23.5 Å². The van der Waals surface area contributed by atoms with Gasteiger partial charge in [-0.15, -0.1) is 0 Å². The molecule has 0 radical (unpaired) electrons. The van der Waals surface area contributed by atoms with Crippen molar-refractivity contribution < 1.29 is 0 Å². The number of aliphatic imine (C=N–C) groups is 1. The number of hydrogen-bond acceptors (Lipinski definition) is 6. The predicted octanol–water partition coefficient (Wildman–Crippen LogP) is 12.1. The van der Waals surface area contributed by atoms with E-state index in [4.69, 9.17) is 4.99 Å². The fraction of sp³-hybridized carbons (Fsp3) is 0.0600. The molecule has 3 atom stereocenters. The van der Waals surface area contributed by atoms with E-state index >= 15 is 0 Å². The summed E-state index contributed by atoms with van der Waals surface area (Å²) in [5.41, 5.74) is 11.3. The number of fused-ring (bicyclic) bond motifs is 2. The molecule has 3 unspecified atom stereocenters. The summed E-state index contributed by atoms with van der Waals surface area (Å²) < 4.78 is 0. The minimum atomic E-state index is -0.124. The Morgan fingerprint density at radius 1 is 0.446 bits per heavy atom. The molecule has 0 amide bonds. The molecule has 0 aliphatic carbocycles. The largest absolute Gasteiger partial charge is 0.366 e. The lowest BCUT2D eigenvalue weighted by atomic mass is 9.89. The molecule has 3 aliphatic heterocycles. The second-order valence-electron chi connectivity index (χ2n) is 14.1. The molecule has 0 bridgehead atoms. The highest BCUT2D eigenvalue weighted by Crippen LogP contribution is 2.52. The van der Waals surface area contributed by atoms with Gasteiger partial charge in [-0.25, -0.2) is 4.99 Å². The summed E-state index contributed by atoms with van der Waals surface area (Å²) in [5.74, 6) is 0.863. The van der Waals surface area contributed by atoms with Gasteiger partial charge in [0, 0.05) is 36.4 Å². The van der Waals surface area contributed by atoms with Gasteiger partial charge in [0.1, 0.15) is 12.0 Å². The van der Waals surface area contributed by atoms with Crippen molar-refractivity contribution in [1.82, 2.24) is 16.0 Å². The summed E-state index contributed by atoms with van der Waals surface area (Å²) in [4.78, 5) is 10.5. The minimum Gasteiger partial charge on any atom is -0.366 e. The average molecular weight is 759 g/mol. The van der Waals surface area contributed by atoms with E-state index in [-0.39, 0.29) is 18.2 Å². The van der Waals surface area contributed by atoms with Crippen LogP contribution in [-0.4, -0.2) is 5.84 Å². The van der Waals surface area contributed by atoms with E-state index < -0.39 is 0 Å². The SMILES string of the molecule is C1=C(c2ccc(-c3cccc4c3Sc3ccccc3S4)c(C3C=C(c4ccccc4)NC(c4ccccc4)N3)c2)N=C(c2ccccc2)NC1c1ccccc1. The Labute approximate surface area is 336 Å². The van der Waals surface area contributed by atoms with Crippen molar-refractivity contribution in [2.45, 2.75) is 37.8 Å². The molecule has 270 valence electrons. The molecule has 56 heavy (non-hydrogen) atoms. The lowest BCUT2D eigenvalue weighted by molar-refractivity contribution is 0.443. The first-order valence-electron chi connectivity index (χ1n) is 19.0. The van der Waals surface area contributed by atoms with Crippen molar-refractivity contribution in [2.24, 2.45) is 4.99 Å². The molecule has 3 aliphatic rings. The Hall–Kier alpha value is -6.05. The molecule has 0 saturated carbocycles. The molecule has 0 fully saturated rings. The Balaban J connectivity index is 1.16. The van der Waals surface area contributed by atoms with E-state index in [0.717, 1.165) is 33.9 Å². The zero-order chi connectivity index (χ0) is 37.3. The molecule has 3 heterocycles. The lowest BCUT2D eigenvalue weighted by Crippen LogP contribution is -2.39. The van der Waals surface area contributed by atoms with E-state index in [1.165, 1.54) is 47.4 Å². The van der Waals surface area contributed by atoms with Crippen LogP contribution in [0.5, 0.6) is 0 Å². The predicted molar refractivity (Wildman–Crippen MR) is 232 cm³/mol. The van der Waals surface area contributed by atoms with Crippen molar-refractivity contribution in [1.29, 1.82) is 0 Å². The number of rotatable bonds is 7. The van der Waals surface area contributed by atoms with E-state index in [0.29, 0.717) is 0 Å². The van der Waals surface area contributed by atoms with Crippen LogP contribution in [0.2, 0.25) is 0 Å². The minimum absolute atomic E-state index is 0.0410. The summed E-state index contributed by atoms with van der Waals surface area (Å²) in [6.45, 7) is 0. The fourth-order valence-corrected chi connectivity index (χ4v) is 10.1. The maximum Gasteiger partial charge on any atom is 0.134 e. The zero-order valence-electron chi connectivity index (χ0n) is 30.5. The van der Waals surface area contributed by atoms with Crippen molar-refractivity contribution in [3.8, 4) is 11.1 Å². The Kier molecular flexibility index (Phi) is 9.37. The van der Waals surface area contributed by atoms with Crippen LogP contribution in [0.3, 0.4) is 0 Å². The third kappa shape index (κ3) is 6.88. The van der Waals surface area contributed by atoms with E-state index in [9.17, 15) is 0 Å². The number of nitrogens with one attached hydrogen (secondary N) is 3. The molecule has 7 aromatic rings. The van der Waals surface area contributed by atoms with Gasteiger partial charge in [-0.2, -0.15) is 0 Å². The van der Waals surface area contributed by atoms with Crippen molar-refractivity contribution in [2.75, 3.05) is 0 Å². The Morgan fingerprint density at radius 2 is 1.07 bits per heavy atom.